The van der Waals surface area contributed by atoms with Crippen LogP contribution >= 0.6 is 31.9 Å². The number of alkyl halides is 4. The predicted molar refractivity (Wildman–Crippen MR) is 50.6 cm³/mol. The fraction of sp³-hybridized carbons (Fsp3) is 1.00. The molecule has 1 atom stereocenters. The lowest BCUT2D eigenvalue weighted by Crippen LogP contribution is -2.46. The summed E-state index contributed by atoms with van der Waals surface area (Å²) in [5.74, 6) is 0. The zero-order valence-electron chi connectivity index (χ0n) is 6.51. The van der Waals surface area contributed by atoms with Crippen molar-refractivity contribution >= 4 is 42.0 Å². The van der Waals surface area contributed by atoms with Crippen LogP contribution in [0.25, 0.3) is 0 Å². The van der Waals surface area contributed by atoms with Gasteiger partial charge in [0.25, 0.3) is 0 Å². The lowest BCUT2D eigenvalue weighted by atomic mass is 10.5. The SMILES string of the molecule is O=S(=O)(OF)C(F)(F)NCC(Br)CBr. The van der Waals surface area contributed by atoms with Crippen LogP contribution in [0.4, 0.5) is 13.3 Å². The van der Waals surface area contributed by atoms with E-state index in [0.29, 0.717) is 5.33 Å². The highest BCUT2D eigenvalue weighted by Crippen LogP contribution is 2.20. The second-order valence-corrected chi connectivity index (χ2v) is 5.66. The van der Waals surface area contributed by atoms with Crippen LogP contribution in [0.1, 0.15) is 0 Å². The smallest absolute Gasteiger partial charge is 0.241 e. The van der Waals surface area contributed by atoms with E-state index in [1.807, 2.05) is 0 Å². The average molecular weight is 365 g/mol. The Labute approximate surface area is 95.5 Å². The summed E-state index contributed by atoms with van der Waals surface area (Å²) in [5, 5.41) is -2.78. The Bertz CT molecular complexity index is 273. The third kappa shape index (κ3) is 4.01. The molecule has 0 spiro atoms. The fourth-order valence-corrected chi connectivity index (χ4v) is 1.14. The van der Waals surface area contributed by atoms with Crippen LogP contribution in [0.5, 0.6) is 0 Å². The molecule has 0 aromatic rings. The molecule has 0 amide bonds. The summed E-state index contributed by atoms with van der Waals surface area (Å²) in [6, 6.07) is 0. The third-order valence-corrected chi connectivity index (χ3v) is 4.33. The van der Waals surface area contributed by atoms with E-state index in [9.17, 15) is 21.7 Å². The molecule has 0 aliphatic rings. The first-order valence-electron chi connectivity index (χ1n) is 3.14. The topological polar surface area (TPSA) is 55.4 Å². The minimum absolute atomic E-state index is 0.326. The zero-order chi connectivity index (χ0) is 11.4. The molecule has 0 saturated carbocycles. The zero-order valence-corrected chi connectivity index (χ0v) is 10.5. The van der Waals surface area contributed by atoms with E-state index < -0.39 is 20.3 Å². The highest BCUT2D eigenvalue weighted by Gasteiger charge is 2.47. The minimum Gasteiger partial charge on any atom is -0.241 e. The van der Waals surface area contributed by atoms with Gasteiger partial charge in [-0.3, -0.25) is 0 Å². The highest BCUT2D eigenvalue weighted by molar-refractivity contribution is 9.12. The van der Waals surface area contributed by atoms with Gasteiger partial charge in [-0.15, -0.1) is 0 Å². The summed E-state index contributed by atoms with van der Waals surface area (Å²) in [4.78, 5) is -0.414. The molecule has 1 unspecified atom stereocenters. The third-order valence-electron chi connectivity index (χ3n) is 1.09. The molecule has 1 N–H and O–H groups in total. The molecule has 86 valence electrons. The Kier molecular flexibility index (Phi) is 5.88. The maximum atomic E-state index is 12.6. The minimum atomic E-state index is -5.55. The van der Waals surface area contributed by atoms with Gasteiger partial charge in [-0.2, -0.15) is 17.2 Å². The molecule has 0 aromatic heterocycles. The Hall–Kier alpha value is 0.620. The second kappa shape index (κ2) is 5.64. The molecule has 0 fully saturated rings. The molecular formula is C4H6Br2F3NO3S. The summed E-state index contributed by atoms with van der Waals surface area (Å²) in [7, 11) is -5.55. The van der Waals surface area contributed by atoms with Crippen molar-refractivity contribution in [2.24, 2.45) is 0 Å². The van der Waals surface area contributed by atoms with E-state index in [1.54, 1.807) is 0 Å². The molecule has 0 saturated heterocycles. The second-order valence-electron chi connectivity index (χ2n) is 2.17. The van der Waals surface area contributed by atoms with Gasteiger partial charge in [0, 0.05) is 16.7 Å². The number of hydrogen-bond donors (Lipinski definition) is 1. The maximum absolute atomic E-state index is 12.6. The molecule has 0 aliphatic heterocycles. The molecule has 14 heavy (non-hydrogen) atoms. The van der Waals surface area contributed by atoms with E-state index >= 15 is 0 Å². The summed E-state index contributed by atoms with van der Waals surface area (Å²) in [6.45, 7) is -0.374. The number of halogens is 5. The molecule has 10 heteroatoms. The Morgan fingerprint density at radius 2 is 2.00 bits per heavy atom. The van der Waals surface area contributed by atoms with Gasteiger partial charge in [-0.25, -0.2) is 5.32 Å². The van der Waals surface area contributed by atoms with Gasteiger partial charge in [0.1, 0.15) is 0 Å². The Morgan fingerprint density at radius 1 is 1.50 bits per heavy atom. The summed E-state index contributed by atoms with van der Waals surface area (Å²) in [5.41, 5.74) is 0. The van der Waals surface area contributed by atoms with E-state index in [-0.39, 0.29) is 6.54 Å². The largest absolute Gasteiger partial charge is 0.431 e. The van der Waals surface area contributed by atoms with Crippen molar-refractivity contribution in [3.05, 3.63) is 0 Å². The van der Waals surface area contributed by atoms with Crippen molar-refractivity contribution in [3.63, 3.8) is 0 Å². The molecule has 0 aliphatic carbocycles. The van der Waals surface area contributed by atoms with Gasteiger partial charge in [0.15, 0.2) is 0 Å². The molecule has 0 heterocycles. The van der Waals surface area contributed by atoms with E-state index in [0.717, 1.165) is 0 Å². The van der Waals surface area contributed by atoms with Crippen LogP contribution in [0.2, 0.25) is 0 Å². The van der Waals surface area contributed by atoms with Crippen molar-refractivity contribution in [2.45, 2.75) is 10.2 Å². The molecule has 0 radical (unpaired) electrons. The molecule has 0 rings (SSSR count). The van der Waals surface area contributed by atoms with Crippen molar-refractivity contribution < 1.29 is 26.1 Å². The summed E-state index contributed by atoms with van der Waals surface area (Å²) in [6.07, 6.45) is 0. The lowest BCUT2D eigenvalue weighted by molar-refractivity contribution is -0.0368. The van der Waals surface area contributed by atoms with Gasteiger partial charge >= 0.3 is 15.5 Å². The first kappa shape index (κ1) is 14.6. The van der Waals surface area contributed by atoms with Gasteiger partial charge < -0.3 is 0 Å². The average Bonchev–Trinajstić information content (AvgIpc) is 2.13. The maximum Gasteiger partial charge on any atom is 0.431 e. The quantitative estimate of drug-likeness (QED) is 0.573. The Balaban J connectivity index is 4.36. The number of nitrogens with one attached hydrogen (secondary N) is 1. The van der Waals surface area contributed by atoms with Crippen LogP contribution in [0, 0.1) is 0 Å². The van der Waals surface area contributed by atoms with Crippen LogP contribution < -0.4 is 5.32 Å². The first-order valence-corrected chi connectivity index (χ1v) is 6.59. The number of hydrogen-bond acceptors (Lipinski definition) is 4. The van der Waals surface area contributed by atoms with Crippen LogP contribution in [0.15, 0.2) is 0 Å². The summed E-state index contributed by atoms with van der Waals surface area (Å²) >= 11 is 5.91. The lowest BCUT2D eigenvalue weighted by Gasteiger charge is -2.16. The highest BCUT2D eigenvalue weighted by atomic mass is 79.9. The van der Waals surface area contributed by atoms with E-state index in [2.05, 4.69) is 36.2 Å². The van der Waals surface area contributed by atoms with Gasteiger partial charge in [0.2, 0.25) is 0 Å². The number of rotatable bonds is 6. The molecule has 0 aromatic carbocycles. The Morgan fingerprint density at radius 3 is 2.36 bits per heavy atom. The summed E-state index contributed by atoms with van der Waals surface area (Å²) < 4.78 is 59.2. The fourth-order valence-electron chi connectivity index (χ4n) is 0.412. The van der Waals surface area contributed by atoms with E-state index in [4.69, 9.17) is 0 Å². The van der Waals surface area contributed by atoms with Crippen LogP contribution in [-0.2, 0) is 14.5 Å². The van der Waals surface area contributed by atoms with Crippen LogP contribution in [-0.4, -0.2) is 30.5 Å². The first-order chi connectivity index (χ1) is 6.27. The molecule has 4 nitrogen and oxygen atoms in total. The normalized spacial score (nSPS) is 15.5. The van der Waals surface area contributed by atoms with Crippen molar-refractivity contribution in [1.82, 2.24) is 5.32 Å². The van der Waals surface area contributed by atoms with Crippen molar-refractivity contribution in [1.29, 1.82) is 0 Å². The van der Waals surface area contributed by atoms with Gasteiger partial charge in [-0.05, 0) is 4.53 Å². The van der Waals surface area contributed by atoms with E-state index in [1.165, 1.54) is 5.32 Å². The molecule has 0 bridgehead atoms. The van der Waals surface area contributed by atoms with Crippen molar-refractivity contribution in [2.75, 3.05) is 11.9 Å². The van der Waals surface area contributed by atoms with Gasteiger partial charge in [-0.1, -0.05) is 36.2 Å². The van der Waals surface area contributed by atoms with Crippen molar-refractivity contribution in [3.8, 4) is 0 Å². The molecular weight excluding hydrogens is 359 g/mol. The van der Waals surface area contributed by atoms with Crippen LogP contribution in [0.3, 0.4) is 0 Å². The monoisotopic (exact) mass is 363 g/mol. The predicted octanol–water partition coefficient (Wildman–Crippen LogP) is 1.52. The standard InChI is InChI=1S/C4H6Br2F3NO3S/c5-1-3(6)2-10-4(7,8)14(11,12)13-9/h3,10H,1-2H2. The van der Waals surface area contributed by atoms with Gasteiger partial charge in [0.05, 0.1) is 0 Å².